The molecule has 2 aliphatic rings. The summed E-state index contributed by atoms with van der Waals surface area (Å²) in [6.45, 7) is -0.647. The molecule has 1 atom stereocenters. The van der Waals surface area contributed by atoms with E-state index >= 15 is 0 Å². The quantitative estimate of drug-likeness (QED) is 0.334. The lowest BCUT2D eigenvalue weighted by Crippen LogP contribution is -2.41. The van der Waals surface area contributed by atoms with Crippen molar-refractivity contribution in [1.29, 1.82) is 0 Å². The second kappa shape index (κ2) is 10.5. The Balaban J connectivity index is 1.93. The number of rotatable bonds is 8. The number of sulfonamides is 1. The third-order valence-electron chi connectivity index (χ3n) is 7.43. The van der Waals surface area contributed by atoms with E-state index in [0.29, 0.717) is 35.5 Å². The van der Waals surface area contributed by atoms with Crippen LogP contribution in [0.1, 0.15) is 43.7 Å². The highest BCUT2D eigenvalue weighted by atomic mass is 32.2. The SMILES string of the molecule is CN1[C@H](CCC(C)(F)F)CN(c2cccc(C(F)(F)F)c2)c2cc(C(F)(F)F)c(OCC3(C(=O)O)CC3)cc2S1(=O)=O. The summed E-state index contributed by atoms with van der Waals surface area (Å²) in [6.07, 6.45) is -11.0. The highest BCUT2D eigenvalue weighted by Crippen LogP contribution is 2.49. The van der Waals surface area contributed by atoms with Crippen molar-refractivity contribution in [2.75, 3.05) is 25.1 Å². The van der Waals surface area contributed by atoms with Gasteiger partial charge in [-0.25, -0.2) is 17.2 Å². The molecule has 4 rings (SSSR count). The van der Waals surface area contributed by atoms with Crippen LogP contribution in [-0.2, 0) is 27.2 Å². The third-order valence-corrected chi connectivity index (χ3v) is 9.37. The molecule has 0 aromatic heterocycles. The maximum absolute atomic E-state index is 14.3. The van der Waals surface area contributed by atoms with Crippen LogP contribution in [0.25, 0.3) is 0 Å². The number of hydrogen-bond acceptors (Lipinski definition) is 5. The number of halogens is 8. The van der Waals surface area contributed by atoms with Crippen molar-refractivity contribution in [2.24, 2.45) is 5.41 Å². The number of alkyl halides is 8. The van der Waals surface area contributed by atoms with Crippen LogP contribution < -0.4 is 9.64 Å². The van der Waals surface area contributed by atoms with Gasteiger partial charge in [-0.15, -0.1) is 0 Å². The van der Waals surface area contributed by atoms with E-state index in [9.17, 15) is 53.4 Å². The molecular formula is C26H26F8N2O5S. The molecule has 0 spiro atoms. The number of hydrogen-bond donors (Lipinski definition) is 1. The predicted octanol–water partition coefficient (Wildman–Crippen LogP) is 6.54. The average molecular weight is 631 g/mol. The van der Waals surface area contributed by atoms with Gasteiger partial charge < -0.3 is 14.7 Å². The molecule has 1 aliphatic heterocycles. The molecule has 0 amide bonds. The van der Waals surface area contributed by atoms with Gasteiger partial charge in [0.1, 0.15) is 22.7 Å². The number of carbonyl (C=O) groups is 1. The first-order chi connectivity index (χ1) is 19.2. The van der Waals surface area contributed by atoms with Crippen LogP contribution in [0.3, 0.4) is 0 Å². The average Bonchev–Trinajstić information content (AvgIpc) is 3.67. The number of carboxylic acids is 1. The summed E-state index contributed by atoms with van der Waals surface area (Å²) in [5, 5.41) is 9.39. The fourth-order valence-electron chi connectivity index (χ4n) is 4.66. The Hall–Kier alpha value is -3.14. The van der Waals surface area contributed by atoms with E-state index in [2.05, 4.69) is 0 Å². The summed E-state index contributed by atoms with van der Waals surface area (Å²) < 4.78 is 144. The Morgan fingerprint density at radius 2 is 1.69 bits per heavy atom. The van der Waals surface area contributed by atoms with Gasteiger partial charge in [0.05, 0.1) is 16.8 Å². The first-order valence-corrected chi connectivity index (χ1v) is 14.0. The van der Waals surface area contributed by atoms with Crippen molar-refractivity contribution in [1.82, 2.24) is 4.31 Å². The van der Waals surface area contributed by atoms with Gasteiger partial charge in [0, 0.05) is 37.8 Å². The first kappa shape index (κ1) is 31.8. The van der Waals surface area contributed by atoms with Crippen molar-refractivity contribution in [3.8, 4) is 5.75 Å². The maximum Gasteiger partial charge on any atom is 0.420 e. The van der Waals surface area contributed by atoms with E-state index in [1.54, 1.807) is 0 Å². The Labute approximate surface area is 235 Å². The van der Waals surface area contributed by atoms with Crippen molar-refractivity contribution in [2.45, 2.75) is 61.8 Å². The van der Waals surface area contributed by atoms with E-state index in [4.69, 9.17) is 4.74 Å². The molecule has 1 N–H and O–H groups in total. The van der Waals surface area contributed by atoms with Crippen LogP contribution in [0.2, 0.25) is 0 Å². The molecule has 1 heterocycles. The minimum absolute atomic E-state index is 0.128. The van der Waals surface area contributed by atoms with Crippen molar-refractivity contribution in [3.05, 3.63) is 47.5 Å². The monoisotopic (exact) mass is 630 g/mol. The Morgan fingerprint density at radius 3 is 2.21 bits per heavy atom. The number of ether oxygens (including phenoxy) is 1. The zero-order chi connectivity index (χ0) is 31.5. The fourth-order valence-corrected chi connectivity index (χ4v) is 6.22. The van der Waals surface area contributed by atoms with Gasteiger partial charge in [-0.3, -0.25) is 4.79 Å². The van der Waals surface area contributed by atoms with Crippen LogP contribution in [0.5, 0.6) is 5.75 Å². The second-order valence-electron chi connectivity index (χ2n) is 10.6. The standard InChI is InChI=1S/C26H26F8N2O5S/c1-23(27,28)7-6-17-13-36(16-5-3-4-15(10-16)25(29,30)31)19-11-18(26(32,33)34)20(12-21(19)42(39,40)35(17)2)41-14-24(8-9-24)22(37)38/h3-5,10-12,17H,6-9,13-14H2,1-2H3,(H,37,38)/t17-/m1/s1. The molecule has 16 heteroatoms. The van der Waals surface area contributed by atoms with E-state index < -0.39 is 99.2 Å². The minimum atomic E-state index is -5.16. The van der Waals surface area contributed by atoms with Gasteiger partial charge in [-0.1, -0.05) is 6.07 Å². The van der Waals surface area contributed by atoms with Gasteiger partial charge in [0.15, 0.2) is 0 Å². The molecule has 0 unspecified atom stereocenters. The summed E-state index contributed by atoms with van der Waals surface area (Å²) in [5.74, 6) is -5.53. The maximum atomic E-state index is 14.3. The van der Waals surface area contributed by atoms with Crippen LogP contribution >= 0.6 is 0 Å². The number of nitrogens with zero attached hydrogens (tertiary/aromatic N) is 2. The van der Waals surface area contributed by atoms with E-state index in [-0.39, 0.29) is 18.5 Å². The number of fused-ring (bicyclic) bond motifs is 1. The molecular weight excluding hydrogens is 604 g/mol. The molecule has 1 saturated carbocycles. The predicted molar refractivity (Wildman–Crippen MR) is 133 cm³/mol. The Morgan fingerprint density at radius 1 is 1.05 bits per heavy atom. The highest BCUT2D eigenvalue weighted by Gasteiger charge is 2.52. The Bertz CT molecular complexity index is 1470. The summed E-state index contributed by atoms with van der Waals surface area (Å²) in [7, 11) is -3.70. The molecule has 0 radical (unpaired) electrons. The number of anilines is 2. The lowest BCUT2D eigenvalue weighted by Gasteiger charge is -2.30. The summed E-state index contributed by atoms with van der Waals surface area (Å²) in [6, 6.07) is 3.13. The zero-order valence-corrected chi connectivity index (χ0v) is 23.0. The topological polar surface area (TPSA) is 87.2 Å². The third kappa shape index (κ3) is 6.43. The zero-order valence-electron chi connectivity index (χ0n) is 22.2. The number of benzene rings is 2. The molecule has 42 heavy (non-hydrogen) atoms. The van der Waals surface area contributed by atoms with Gasteiger partial charge in [0.2, 0.25) is 15.9 Å². The second-order valence-corrected chi connectivity index (χ2v) is 12.6. The highest BCUT2D eigenvalue weighted by molar-refractivity contribution is 7.89. The van der Waals surface area contributed by atoms with Crippen LogP contribution in [0.15, 0.2) is 41.3 Å². The molecule has 232 valence electrons. The van der Waals surface area contributed by atoms with Crippen LogP contribution in [0, 0.1) is 5.41 Å². The molecule has 0 bridgehead atoms. The smallest absolute Gasteiger partial charge is 0.420 e. The van der Waals surface area contributed by atoms with Crippen molar-refractivity contribution in [3.63, 3.8) is 0 Å². The van der Waals surface area contributed by atoms with E-state index in [0.717, 1.165) is 24.1 Å². The van der Waals surface area contributed by atoms with Crippen LogP contribution in [0.4, 0.5) is 46.5 Å². The Kier molecular flexibility index (Phi) is 7.98. The lowest BCUT2D eigenvalue weighted by atomic mass is 10.0. The fraction of sp³-hybridized carbons (Fsp3) is 0.500. The number of carboxylic acid groups (broad SMARTS) is 1. The van der Waals surface area contributed by atoms with Gasteiger partial charge in [-0.2, -0.15) is 30.6 Å². The minimum Gasteiger partial charge on any atom is -0.492 e. The van der Waals surface area contributed by atoms with Crippen molar-refractivity contribution < 1.29 is 58.2 Å². The molecule has 1 fully saturated rings. The van der Waals surface area contributed by atoms with Gasteiger partial charge >= 0.3 is 18.3 Å². The van der Waals surface area contributed by atoms with Gasteiger partial charge in [-0.05, 0) is 50.5 Å². The summed E-state index contributed by atoms with van der Waals surface area (Å²) in [5.41, 5.74) is -5.07. The molecule has 0 saturated heterocycles. The molecule has 2 aromatic rings. The lowest BCUT2D eigenvalue weighted by molar-refractivity contribution is -0.145. The van der Waals surface area contributed by atoms with Crippen LogP contribution in [-0.4, -0.2) is 56.0 Å². The van der Waals surface area contributed by atoms with Crippen molar-refractivity contribution >= 4 is 27.4 Å². The summed E-state index contributed by atoms with van der Waals surface area (Å²) >= 11 is 0. The largest absolute Gasteiger partial charge is 0.492 e. The number of likely N-dealkylation sites (N-methyl/N-ethyl adjacent to an activating group) is 1. The molecule has 2 aromatic carbocycles. The van der Waals surface area contributed by atoms with Gasteiger partial charge in [0.25, 0.3) is 0 Å². The van der Waals surface area contributed by atoms with E-state index in [1.165, 1.54) is 0 Å². The molecule has 7 nitrogen and oxygen atoms in total. The first-order valence-electron chi connectivity index (χ1n) is 12.6. The summed E-state index contributed by atoms with van der Waals surface area (Å²) in [4.78, 5) is 11.7. The van der Waals surface area contributed by atoms with E-state index in [1.807, 2.05) is 0 Å². The molecule has 1 aliphatic carbocycles. The normalized spacial score (nSPS) is 20.5. The number of aliphatic carboxylic acids is 1.